The lowest BCUT2D eigenvalue weighted by Gasteiger charge is -2.07. The fourth-order valence-electron chi connectivity index (χ4n) is 1.74. The van der Waals surface area contributed by atoms with Crippen LogP contribution in [0.5, 0.6) is 0 Å². The molecule has 2 aromatic heterocycles. The van der Waals surface area contributed by atoms with Gasteiger partial charge >= 0.3 is 12.2 Å². The van der Waals surface area contributed by atoms with E-state index in [1.807, 2.05) is 0 Å². The Hall–Kier alpha value is -1.68. The van der Waals surface area contributed by atoms with E-state index in [0.29, 0.717) is 24.7 Å². The van der Waals surface area contributed by atoms with Crippen LogP contribution in [0.1, 0.15) is 18.8 Å². The predicted octanol–water partition coefficient (Wildman–Crippen LogP) is 1.49. The molecule has 0 saturated heterocycles. The van der Waals surface area contributed by atoms with E-state index in [1.165, 1.54) is 28.7 Å². The molecule has 1 N–H and O–H groups in total. The number of hydrogen-bond acceptors (Lipinski definition) is 5. The number of nitrogens with one attached hydrogen (secondary N) is 1. The molecule has 10 heteroatoms. The number of imidazole rings is 1. The van der Waals surface area contributed by atoms with Crippen LogP contribution in [0.3, 0.4) is 0 Å². The molecular formula is C11H15F2N5O2S. The van der Waals surface area contributed by atoms with Gasteiger partial charge in [-0.1, -0.05) is 11.8 Å². The van der Waals surface area contributed by atoms with Gasteiger partial charge in [-0.25, -0.2) is 14.9 Å². The molecule has 0 saturated carbocycles. The number of methoxy groups -OCH3 is 1. The lowest BCUT2D eigenvalue weighted by atomic mass is 10.4. The third-order valence-corrected chi connectivity index (χ3v) is 3.72. The van der Waals surface area contributed by atoms with Gasteiger partial charge in [-0.2, -0.15) is 8.78 Å². The van der Waals surface area contributed by atoms with Gasteiger partial charge < -0.3 is 4.74 Å². The van der Waals surface area contributed by atoms with Gasteiger partial charge in [-0.3, -0.25) is 9.13 Å². The fraction of sp³-hybridized carbons (Fsp3) is 0.545. The Morgan fingerprint density at radius 2 is 2.33 bits per heavy atom. The molecule has 0 aromatic carbocycles. The molecule has 0 amide bonds. The van der Waals surface area contributed by atoms with E-state index in [9.17, 15) is 13.6 Å². The molecule has 0 atom stereocenters. The molecule has 0 aliphatic carbocycles. The van der Waals surface area contributed by atoms with Crippen LogP contribution in [-0.2, 0) is 17.0 Å². The van der Waals surface area contributed by atoms with Crippen molar-refractivity contribution in [2.75, 3.05) is 13.7 Å². The van der Waals surface area contributed by atoms with Crippen molar-refractivity contribution in [2.24, 2.45) is 0 Å². The van der Waals surface area contributed by atoms with E-state index in [-0.39, 0.29) is 17.3 Å². The lowest BCUT2D eigenvalue weighted by molar-refractivity contribution is 0.0678. The number of ether oxygens (including phenoxy) is 1. The number of alkyl halides is 2. The van der Waals surface area contributed by atoms with E-state index in [2.05, 4.69) is 15.2 Å². The highest BCUT2D eigenvalue weighted by molar-refractivity contribution is 7.98. The number of halogens is 2. The molecule has 0 unspecified atom stereocenters. The van der Waals surface area contributed by atoms with E-state index < -0.39 is 6.55 Å². The number of rotatable bonds is 8. The highest BCUT2D eigenvalue weighted by atomic mass is 32.2. The highest BCUT2D eigenvalue weighted by Crippen LogP contribution is 2.21. The highest BCUT2D eigenvalue weighted by Gasteiger charge is 2.14. The Kier molecular flexibility index (Phi) is 5.51. The van der Waals surface area contributed by atoms with Crippen LogP contribution in [0.2, 0.25) is 0 Å². The smallest absolute Gasteiger partial charge is 0.343 e. The average Bonchev–Trinajstić information content (AvgIpc) is 3.05. The first-order valence-corrected chi connectivity index (χ1v) is 7.19. The number of thioether (sulfide) groups is 1. The van der Waals surface area contributed by atoms with E-state index in [0.717, 1.165) is 4.57 Å². The summed E-state index contributed by atoms with van der Waals surface area (Å²) in [5, 5.41) is 6.69. The summed E-state index contributed by atoms with van der Waals surface area (Å²) in [5.74, 6) is 0.431. The summed E-state index contributed by atoms with van der Waals surface area (Å²) >= 11 is 1.18. The molecule has 0 aliphatic rings. The minimum absolute atomic E-state index is 0.200. The van der Waals surface area contributed by atoms with Gasteiger partial charge in [-0.15, -0.1) is 5.10 Å². The van der Waals surface area contributed by atoms with Crippen LogP contribution in [0.15, 0.2) is 22.3 Å². The Morgan fingerprint density at radius 1 is 1.52 bits per heavy atom. The summed E-state index contributed by atoms with van der Waals surface area (Å²) in [6.45, 7) is -1.65. The van der Waals surface area contributed by atoms with Crippen molar-refractivity contribution in [3.05, 3.63) is 28.7 Å². The molecule has 0 bridgehead atoms. The maximum atomic E-state index is 12.7. The molecule has 21 heavy (non-hydrogen) atoms. The third-order valence-electron chi connectivity index (χ3n) is 2.74. The van der Waals surface area contributed by atoms with Crippen LogP contribution in [0.4, 0.5) is 8.78 Å². The van der Waals surface area contributed by atoms with Gasteiger partial charge in [0, 0.05) is 32.7 Å². The molecule has 0 fully saturated rings. The first-order chi connectivity index (χ1) is 10.1. The molecule has 0 aliphatic heterocycles. The Morgan fingerprint density at radius 3 is 3.05 bits per heavy atom. The number of hydrogen-bond donors (Lipinski definition) is 1. The molecule has 7 nitrogen and oxygen atoms in total. The van der Waals surface area contributed by atoms with Crippen molar-refractivity contribution in [1.29, 1.82) is 0 Å². The van der Waals surface area contributed by atoms with E-state index in [1.54, 1.807) is 7.11 Å². The number of aromatic nitrogens is 5. The zero-order chi connectivity index (χ0) is 15.2. The van der Waals surface area contributed by atoms with Crippen LogP contribution in [-0.4, -0.2) is 38.0 Å². The van der Waals surface area contributed by atoms with Gasteiger partial charge in [0.2, 0.25) is 0 Å². The molecular weight excluding hydrogens is 304 g/mol. The van der Waals surface area contributed by atoms with Gasteiger partial charge in [0.05, 0.1) is 5.75 Å². The van der Waals surface area contributed by atoms with Crippen LogP contribution in [0, 0.1) is 0 Å². The monoisotopic (exact) mass is 319 g/mol. The number of H-pyrrole nitrogens is 1. The van der Waals surface area contributed by atoms with Crippen LogP contribution >= 0.6 is 11.8 Å². The van der Waals surface area contributed by atoms with Crippen molar-refractivity contribution in [1.82, 2.24) is 24.3 Å². The Bertz CT molecular complexity index is 624. The van der Waals surface area contributed by atoms with Crippen molar-refractivity contribution < 1.29 is 13.5 Å². The van der Waals surface area contributed by atoms with E-state index >= 15 is 0 Å². The summed E-state index contributed by atoms with van der Waals surface area (Å²) in [6, 6.07) is 0. The van der Waals surface area contributed by atoms with Gasteiger partial charge in [0.25, 0.3) is 0 Å². The molecule has 2 rings (SSSR count). The first kappa shape index (κ1) is 15.7. The predicted molar refractivity (Wildman–Crippen MR) is 72.4 cm³/mol. The molecule has 0 radical (unpaired) electrons. The topological polar surface area (TPSA) is 77.7 Å². The lowest BCUT2D eigenvalue weighted by Crippen LogP contribution is -2.18. The second kappa shape index (κ2) is 7.36. The van der Waals surface area contributed by atoms with Crippen molar-refractivity contribution in [3.8, 4) is 0 Å². The van der Waals surface area contributed by atoms with Crippen molar-refractivity contribution in [2.45, 2.75) is 30.4 Å². The third kappa shape index (κ3) is 3.91. The summed E-state index contributed by atoms with van der Waals surface area (Å²) in [6.07, 6.45) is 3.20. The molecule has 2 aromatic rings. The summed E-state index contributed by atoms with van der Waals surface area (Å²) in [5.41, 5.74) is -0.328. The zero-order valence-electron chi connectivity index (χ0n) is 11.3. The molecule has 2 heterocycles. The fourth-order valence-corrected chi connectivity index (χ4v) is 2.66. The summed E-state index contributed by atoms with van der Waals surface area (Å²) in [7, 11) is 1.58. The zero-order valence-corrected chi connectivity index (χ0v) is 12.1. The van der Waals surface area contributed by atoms with Crippen molar-refractivity contribution in [3.63, 3.8) is 0 Å². The quantitative estimate of drug-likeness (QED) is 0.589. The van der Waals surface area contributed by atoms with Gasteiger partial charge in [-0.05, 0) is 6.42 Å². The second-order valence-electron chi connectivity index (χ2n) is 4.13. The maximum Gasteiger partial charge on any atom is 0.343 e. The minimum atomic E-state index is -2.63. The largest absolute Gasteiger partial charge is 0.385 e. The Balaban J connectivity index is 2.03. The summed E-state index contributed by atoms with van der Waals surface area (Å²) in [4.78, 5) is 15.5. The summed E-state index contributed by atoms with van der Waals surface area (Å²) < 4.78 is 32.6. The maximum absolute atomic E-state index is 12.7. The standard InChI is InChI=1S/C11H15F2N5O2S/c1-20-6-2-4-18-10(19)15-16-11(18)21-7-8-14-3-5-17(8)9(12)13/h3,5,9H,2,4,6-7H2,1H3,(H,15,19). The minimum Gasteiger partial charge on any atom is -0.385 e. The van der Waals surface area contributed by atoms with Gasteiger partial charge in [0.15, 0.2) is 5.16 Å². The number of aromatic amines is 1. The Labute approximate surface area is 123 Å². The normalized spacial score (nSPS) is 11.4. The second-order valence-corrected chi connectivity index (χ2v) is 5.07. The van der Waals surface area contributed by atoms with E-state index in [4.69, 9.17) is 4.74 Å². The molecule has 0 spiro atoms. The average molecular weight is 319 g/mol. The SMILES string of the molecule is COCCCn1c(SCc2nccn2C(F)F)n[nH]c1=O. The molecule has 116 valence electrons. The van der Waals surface area contributed by atoms with Gasteiger partial charge in [0.1, 0.15) is 5.82 Å². The number of nitrogens with zero attached hydrogens (tertiary/aromatic N) is 4. The van der Waals surface area contributed by atoms with Crippen LogP contribution in [0.25, 0.3) is 0 Å². The van der Waals surface area contributed by atoms with Crippen LogP contribution < -0.4 is 5.69 Å². The first-order valence-electron chi connectivity index (χ1n) is 6.20. The van der Waals surface area contributed by atoms with Crippen molar-refractivity contribution >= 4 is 11.8 Å².